The third-order valence-electron chi connectivity index (χ3n) is 2.92. The minimum Gasteiger partial charge on any atom is -0.492 e. The van der Waals surface area contributed by atoms with Gasteiger partial charge in [-0.2, -0.15) is 13.2 Å². The maximum absolute atomic E-state index is 12.8. The Morgan fingerprint density at radius 1 is 1.27 bits per heavy atom. The van der Waals surface area contributed by atoms with E-state index in [4.69, 9.17) is 11.6 Å². The number of hydrogen-bond acceptors (Lipinski definition) is 4. The number of hydrogen-bond donors (Lipinski definition) is 1. The van der Waals surface area contributed by atoms with Gasteiger partial charge in [0, 0.05) is 6.20 Å². The van der Waals surface area contributed by atoms with Gasteiger partial charge in [-0.25, -0.2) is 4.98 Å². The smallest absolute Gasteiger partial charge is 0.421 e. The Balaban J connectivity index is 2.23. The topological polar surface area (TPSA) is 63.3 Å². The van der Waals surface area contributed by atoms with Gasteiger partial charge < -0.3 is 5.11 Å². The van der Waals surface area contributed by atoms with Gasteiger partial charge in [-0.1, -0.05) is 11.6 Å². The highest BCUT2D eigenvalue weighted by Crippen LogP contribution is 2.36. The molecule has 0 amide bonds. The van der Waals surface area contributed by atoms with Crippen LogP contribution in [0.1, 0.15) is 5.56 Å². The minimum atomic E-state index is -4.73. The lowest BCUT2D eigenvalue weighted by Crippen LogP contribution is -2.08. The summed E-state index contributed by atoms with van der Waals surface area (Å²) in [5.74, 6) is -1.16. The molecule has 3 rings (SSSR count). The zero-order valence-electron chi connectivity index (χ0n) is 10.4. The minimum absolute atomic E-state index is 0.0595. The van der Waals surface area contributed by atoms with Crippen molar-refractivity contribution in [1.29, 1.82) is 0 Å². The fourth-order valence-electron chi connectivity index (χ4n) is 1.90. The van der Waals surface area contributed by atoms with Crippen LogP contribution in [0.25, 0.3) is 17.0 Å². The molecular formula is C12H5ClF3IN4O. The molecule has 0 radical (unpaired) electrons. The van der Waals surface area contributed by atoms with Crippen LogP contribution in [0.5, 0.6) is 5.88 Å². The van der Waals surface area contributed by atoms with Crippen molar-refractivity contribution in [2.45, 2.75) is 6.18 Å². The van der Waals surface area contributed by atoms with E-state index in [-0.39, 0.29) is 5.69 Å². The molecule has 0 unspecified atom stereocenters. The Hall–Kier alpha value is -1.62. The standard InChI is InChI=1S/C12H5ClF3IN4O/c13-6-1-2-21-8(4-18-10(21)9(6)17)7-3-5(12(14,15)16)11(22)20-19-7/h1-4H,(H,20,22). The van der Waals surface area contributed by atoms with E-state index in [1.54, 1.807) is 16.7 Å². The number of aromatic hydroxyl groups is 1. The second-order valence-electron chi connectivity index (χ2n) is 4.28. The maximum atomic E-state index is 12.8. The van der Waals surface area contributed by atoms with E-state index >= 15 is 0 Å². The third kappa shape index (κ3) is 2.47. The van der Waals surface area contributed by atoms with Gasteiger partial charge in [0.05, 0.1) is 20.5 Å². The van der Waals surface area contributed by atoms with E-state index in [1.807, 2.05) is 22.6 Å². The van der Waals surface area contributed by atoms with Gasteiger partial charge in [0.15, 0.2) is 5.65 Å². The molecule has 0 aromatic carbocycles. The van der Waals surface area contributed by atoms with Crippen molar-refractivity contribution in [3.8, 4) is 17.3 Å². The first-order valence-electron chi connectivity index (χ1n) is 5.74. The summed E-state index contributed by atoms with van der Waals surface area (Å²) in [7, 11) is 0. The molecule has 5 nitrogen and oxygen atoms in total. The lowest BCUT2D eigenvalue weighted by atomic mass is 10.2. The molecule has 10 heteroatoms. The second kappa shape index (κ2) is 5.23. The van der Waals surface area contributed by atoms with Crippen LogP contribution in [-0.2, 0) is 6.18 Å². The van der Waals surface area contributed by atoms with Crippen LogP contribution in [0, 0.1) is 3.57 Å². The Kier molecular flexibility index (Phi) is 3.63. The van der Waals surface area contributed by atoms with Gasteiger partial charge in [-0.15, -0.1) is 10.2 Å². The summed E-state index contributed by atoms with van der Waals surface area (Å²) < 4.78 is 40.7. The first kappa shape index (κ1) is 15.3. The molecule has 0 fully saturated rings. The Bertz CT molecular complexity index is 881. The zero-order chi connectivity index (χ0) is 16.1. The van der Waals surface area contributed by atoms with Crippen molar-refractivity contribution in [2.24, 2.45) is 0 Å². The van der Waals surface area contributed by atoms with Crippen LogP contribution in [-0.4, -0.2) is 24.7 Å². The van der Waals surface area contributed by atoms with Crippen LogP contribution in [0.15, 0.2) is 24.5 Å². The molecule has 1 N–H and O–H groups in total. The van der Waals surface area contributed by atoms with Gasteiger partial charge in [0.2, 0.25) is 5.88 Å². The maximum Gasteiger partial charge on any atom is 0.421 e. The number of rotatable bonds is 1. The van der Waals surface area contributed by atoms with E-state index in [1.165, 1.54) is 6.20 Å². The number of imidazole rings is 1. The number of pyridine rings is 1. The van der Waals surface area contributed by atoms with Crippen molar-refractivity contribution in [1.82, 2.24) is 19.6 Å². The highest BCUT2D eigenvalue weighted by atomic mass is 127. The molecule has 0 aliphatic heterocycles. The fourth-order valence-corrected chi connectivity index (χ4v) is 2.62. The molecule has 0 aliphatic carbocycles. The highest BCUT2D eigenvalue weighted by Gasteiger charge is 2.35. The summed E-state index contributed by atoms with van der Waals surface area (Å²) in [5.41, 5.74) is -0.513. The number of aromatic nitrogens is 4. The van der Waals surface area contributed by atoms with Gasteiger partial charge in [-0.05, 0) is 34.7 Å². The Labute approximate surface area is 139 Å². The summed E-state index contributed by atoms with van der Waals surface area (Å²) in [5, 5.41) is 16.5. The van der Waals surface area contributed by atoms with Gasteiger partial charge >= 0.3 is 6.18 Å². The first-order valence-corrected chi connectivity index (χ1v) is 7.20. The van der Waals surface area contributed by atoms with Gasteiger partial charge in [0.25, 0.3) is 0 Å². The molecule has 0 saturated heterocycles. The second-order valence-corrected chi connectivity index (χ2v) is 5.77. The predicted molar refractivity (Wildman–Crippen MR) is 80.6 cm³/mol. The van der Waals surface area contributed by atoms with Crippen LogP contribution in [0.3, 0.4) is 0 Å². The molecule has 0 atom stereocenters. The summed E-state index contributed by atoms with van der Waals surface area (Å²) in [4.78, 5) is 4.13. The van der Waals surface area contributed by atoms with E-state index < -0.39 is 17.6 Å². The zero-order valence-corrected chi connectivity index (χ0v) is 13.3. The molecule has 3 aromatic rings. The molecule has 0 bridgehead atoms. The van der Waals surface area contributed by atoms with Crippen molar-refractivity contribution in [2.75, 3.05) is 0 Å². The van der Waals surface area contributed by atoms with Crippen LogP contribution >= 0.6 is 34.2 Å². The average Bonchev–Trinajstić information content (AvgIpc) is 2.87. The number of nitrogens with zero attached hydrogens (tertiary/aromatic N) is 4. The molecule has 0 saturated carbocycles. The van der Waals surface area contributed by atoms with Crippen molar-refractivity contribution in [3.05, 3.63) is 38.7 Å². The predicted octanol–water partition coefficient (Wildman–Crippen LogP) is 3.77. The van der Waals surface area contributed by atoms with Crippen LogP contribution in [0.2, 0.25) is 5.02 Å². The highest BCUT2D eigenvalue weighted by molar-refractivity contribution is 14.1. The third-order valence-corrected chi connectivity index (χ3v) is 4.61. The van der Waals surface area contributed by atoms with Crippen LogP contribution < -0.4 is 0 Å². The summed E-state index contributed by atoms with van der Waals surface area (Å²) in [6.45, 7) is 0. The van der Waals surface area contributed by atoms with E-state index in [0.29, 0.717) is 19.9 Å². The number of halogens is 5. The molecule has 0 spiro atoms. The molecule has 0 aliphatic rings. The molecular weight excluding hydrogens is 436 g/mol. The summed E-state index contributed by atoms with van der Waals surface area (Å²) >= 11 is 7.97. The van der Waals surface area contributed by atoms with Gasteiger partial charge in [0.1, 0.15) is 11.3 Å². The van der Waals surface area contributed by atoms with E-state index in [0.717, 1.165) is 6.07 Å². The molecule has 3 aromatic heterocycles. The van der Waals surface area contributed by atoms with E-state index in [9.17, 15) is 18.3 Å². The largest absolute Gasteiger partial charge is 0.492 e. The van der Waals surface area contributed by atoms with E-state index in [2.05, 4.69) is 15.2 Å². The molecule has 3 heterocycles. The molecule has 22 heavy (non-hydrogen) atoms. The molecule has 114 valence electrons. The Morgan fingerprint density at radius 3 is 2.68 bits per heavy atom. The van der Waals surface area contributed by atoms with Crippen molar-refractivity contribution < 1.29 is 18.3 Å². The van der Waals surface area contributed by atoms with Crippen molar-refractivity contribution in [3.63, 3.8) is 0 Å². The lowest BCUT2D eigenvalue weighted by Gasteiger charge is -2.09. The fraction of sp³-hybridized carbons (Fsp3) is 0.0833. The quantitative estimate of drug-likeness (QED) is 0.585. The SMILES string of the molecule is Oc1nnc(-c2cnc3c(I)c(Cl)ccn23)cc1C(F)(F)F. The summed E-state index contributed by atoms with van der Waals surface area (Å²) in [6, 6.07) is 2.33. The average molecular weight is 441 g/mol. The number of alkyl halides is 3. The first-order chi connectivity index (χ1) is 10.3. The number of fused-ring (bicyclic) bond motifs is 1. The Morgan fingerprint density at radius 2 is 2.00 bits per heavy atom. The normalized spacial score (nSPS) is 12.0. The van der Waals surface area contributed by atoms with Gasteiger partial charge in [-0.3, -0.25) is 4.40 Å². The van der Waals surface area contributed by atoms with Crippen LogP contribution in [0.4, 0.5) is 13.2 Å². The lowest BCUT2D eigenvalue weighted by molar-refractivity contribution is -0.139. The monoisotopic (exact) mass is 440 g/mol. The van der Waals surface area contributed by atoms with Crippen molar-refractivity contribution >= 4 is 39.8 Å². The summed E-state index contributed by atoms with van der Waals surface area (Å²) in [6.07, 6.45) is -1.79.